The third-order valence-electron chi connectivity index (χ3n) is 2.28. The van der Waals surface area contributed by atoms with Gasteiger partial charge >= 0.3 is 0 Å². The first-order valence-corrected chi connectivity index (χ1v) is 7.35. The summed E-state index contributed by atoms with van der Waals surface area (Å²) in [5.74, 6) is -0.421. The van der Waals surface area contributed by atoms with Crippen LogP contribution in [0.25, 0.3) is 0 Å². The fourth-order valence-electron chi connectivity index (χ4n) is 1.31. The highest BCUT2D eigenvalue weighted by atomic mass is 35.5. The van der Waals surface area contributed by atoms with Crippen LogP contribution in [0.2, 0.25) is 5.02 Å². The molecule has 0 aliphatic rings. The van der Waals surface area contributed by atoms with E-state index < -0.39 is 21.5 Å². The highest BCUT2D eigenvalue weighted by molar-refractivity contribution is 7.89. The number of primary amides is 1. The number of pyridine rings is 1. The average molecular weight is 308 g/mol. The predicted molar refractivity (Wildman–Crippen MR) is 70.3 cm³/mol. The molecular formula is C10H14ClN3O4S. The van der Waals surface area contributed by atoms with Crippen molar-refractivity contribution in [2.24, 2.45) is 5.73 Å². The first-order valence-electron chi connectivity index (χ1n) is 5.49. The Bertz CT molecular complexity index is 611. The number of aromatic amines is 1. The van der Waals surface area contributed by atoms with Gasteiger partial charge in [-0.3, -0.25) is 9.59 Å². The quantitative estimate of drug-likeness (QED) is 0.612. The van der Waals surface area contributed by atoms with Crippen LogP contribution in [0.3, 0.4) is 0 Å². The van der Waals surface area contributed by atoms with Crippen molar-refractivity contribution in [3.63, 3.8) is 0 Å². The van der Waals surface area contributed by atoms with Gasteiger partial charge in [-0.15, -0.1) is 0 Å². The van der Waals surface area contributed by atoms with E-state index in [1.165, 1.54) is 0 Å². The number of carbonyl (C=O) groups excluding carboxylic acids is 1. The molecular weight excluding hydrogens is 294 g/mol. The van der Waals surface area contributed by atoms with Crippen LogP contribution in [0.5, 0.6) is 0 Å². The number of aromatic nitrogens is 1. The van der Waals surface area contributed by atoms with Gasteiger partial charge in [0.15, 0.2) is 0 Å². The number of halogens is 1. The monoisotopic (exact) mass is 307 g/mol. The summed E-state index contributed by atoms with van der Waals surface area (Å²) >= 11 is 5.55. The van der Waals surface area contributed by atoms with Crippen LogP contribution in [-0.2, 0) is 14.8 Å². The third kappa shape index (κ3) is 5.01. The first kappa shape index (κ1) is 15.7. The standard InChI is InChI=1S/C10H14ClN3O4S/c11-8-5-7(6-13-10(8)16)19(17,18)14-4-2-1-3-9(12)15/h5-6,14H,1-4H2,(H2,12,15)(H,13,16). The summed E-state index contributed by atoms with van der Waals surface area (Å²) in [4.78, 5) is 23.6. The maximum atomic E-state index is 11.8. The summed E-state index contributed by atoms with van der Waals surface area (Å²) in [6.45, 7) is 0.173. The number of hydrogen-bond acceptors (Lipinski definition) is 4. The number of sulfonamides is 1. The van der Waals surface area contributed by atoms with Gasteiger partial charge in [0.1, 0.15) is 5.02 Å². The molecule has 7 nitrogen and oxygen atoms in total. The topological polar surface area (TPSA) is 122 Å². The van der Waals surface area contributed by atoms with Crippen molar-refractivity contribution in [3.8, 4) is 0 Å². The lowest BCUT2D eigenvalue weighted by Crippen LogP contribution is -2.26. The van der Waals surface area contributed by atoms with Gasteiger partial charge in [0, 0.05) is 19.2 Å². The number of nitrogens with two attached hydrogens (primary N) is 1. The molecule has 0 fully saturated rings. The van der Waals surface area contributed by atoms with E-state index in [0.717, 1.165) is 12.3 Å². The Kier molecular flexibility index (Phi) is 5.52. The molecule has 19 heavy (non-hydrogen) atoms. The van der Waals surface area contributed by atoms with Crippen molar-refractivity contribution in [3.05, 3.63) is 27.6 Å². The van der Waals surface area contributed by atoms with E-state index in [1.54, 1.807) is 0 Å². The smallest absolute Gasteiger partial charge is 0.266 e. The molecule has 9 heteroatoms. The Balaban J connectivity index is 2.58. The van der Waals surface area contributed by atoms with Crippen LogP contribution in [0, 0.1) is 0 Å². The van der Waals surface area contributed by atoms with Crippen molar-refractivity contribution in [2.75, 3.05) is 6.54 Å². The third-order valence-corrected chi connectivity index (χ3v) is 4.00. The minimum atomic E-state index is -3.72. The molecule has 0 bridgehead atoms. The molecule has 1 heterocycles. The van der Waals surface area contributed by atoms with E-state index >= 15 is 0 Å². The second-order valence-corrected chi connectivity index (χ2v) is 6.01. The van der Waals surface area contributed by atoms with Crippen LogP contribution in [0.15, 0.2) is 22.0 Å². The van der Waals surface area contributed by atoms with E-state index in [9.17, 15) is 18.0 Å². The molecule has 106 valence electrons. The number of H-pyrrole nitrogens is 1. The summed E-state index contributed by atoms with van der Waals surface area (Å²) < 4.78 is 26.0. The van der Waals surface area contributed by atoms with E-state index in [4.69, 9.17) is 17.3 Å². The SMILES string of the molecule is NC(=O)CCCCNS(=O)(=O)c1c[nH]c(=O)c(Cl)c1. The molecule has 1 amide bonds. The Morgan fingerprint density at radius 2 is 2.11 bits per heavy atom. The van der Waals surface area contributed by atoms with Crippen LogP contribution in [0.1, 0.15) is 19.3 Å². The minimum Gasteiger partial charge on any atom is -0.370 e. The predicted octanol–water partition coefficient (Wildman–Crippen LogP) is -0.0378. The molecule has 1 aromatic rings. The Morgan fingerprint density at radius 1 is 1.42 bits per heavy atom. The number of carbonyl (C=O) groups is 1. The summed E-state index contributed by atoms with van der Waals surface area (Å²) in [6.07, 6.45) is 2.27. The van der Waals surface area contributed by atoms with E-state index in [-0.39, 0.29) is 22.9 Å². The molecule has 0 aromatic carbocycles. The Morgan fingerprint density at radius 3 is 2.68 bits per heavy atom. The minimum absolute atomic E-state index is 0.119. The van der Waals surface area contributed by atoms with Gasteiger partial charge in [-0.2, -0.15) is 0 Å². The molecule has 4 N–H and O–H groups in total. The molecule has 0 saturated heterocycles. The van der Waals surface area contributed by atoms with Crippen molar-refractivity contribution < 1.29 is 13.2 Å². The van der Waals surface area contributed by atoms with Crippen LogP contribution < -0.4 is 16.0 Å². The van der Waals surface area contributed by atoms with E-state index in [1.807, 2.05) is 0 Å². The first-order chi connectivity index (χ1) is 8.83. The lowest BCUT2D eigenvalue weighted by molar-refractivity contribution is -0.118. The fourth-order valence-corrected chi connectivity index (χ4v) is 2.61. The van der Waals surface area contributed by atoms with Gasteiger partial charge in [-0.25, -0.2) is 13.1 Å². The lowest BCUT2D eigenvalue weighted by atomic mass is 10.2. The zero-order valence-electron chi connectivity index (χ0n) is 9.98. The number of rotatable bonds is 7. The normalized spacial score (nSPS) is 11.4. The van der Waals surface area contributed by atoms with Crippen LogP contribution in [0.4, 0.5) is 0 Å². The number of nitrogens with one attached hydrogen (secondary N) is 2. The maximum absolute atomic E-state index is 11.8. The number of hydrogen-bond donors (Lipinski definition) is 3. The van der Waals surface area contributed by atoms with Crippen molar-refractivity contribution >= 4 is 27.5 Å². The van der Waals surface area contributed by atoms with E-state index in [0.29, 0.717) is 12.8 Å². The maximum Gasteiger partial charge on any atom is 0.266 e. The molecule has 1 aromatic heterocycles. The van der Waals surface area contributed by atoms with Crippen molar-refractivity contribution in [2.45, 2.75) is 24.2 Å². The van der Waals surface area contributed by atoms with Crippen LogP contribution >= 0.6 is 11.6 Å². The fraction of sp³-hybridized carbons (Fsp3) is 0.400. The number of unbranched alkanes of at least 4 members (excludes halogenated alkanes) is 1. The highest BCUT2D eigenvalue weighted by Crippen LogP contribution is 2.10. The summed E-state index contributed by atoms with van der Waals surface area (Å²) in [5.41, 5.74) is 4.40. The molecule has 0 saturated carbocycles. The molecule has 0 spiro atoms. The molecule has 1 rings (SSSR count). The summed E-state index contributed by atoms with van der Waals surface area (Å²) in [6, 6.07) is 1.08. The zero-order valence-corrected chi connectivity index (χ0v) is 11.6. The average Bonchev–Trinajstić information content (AvgIpc) is 2.31. The number of amides is 1. The van der Waals surface area contributed by atoms with E-state index in [2.05, 4.69) is 9.71 Å². The second kappa shape index (κ2) is 6.69. The molecule has 0 atom stereocenters. The zero-order chi connectivity index (χ0) is 14.5. The van der Waals surface area contributed by atoms with Crippen LogP contribution in [-0.4, -0.2) is 25.9 Å². The van der Waals surface area contributed by atoms with Gasteiger partial charge < -0.3 is 10.7 Å². The van der Waals surface area contributed by atoms with Gasteiger partial charge in [0.2, 0.25) is 15.9 Å². The molecule has 0 aliphatic heterocycles. The second-order valence-electron chi connectivity index (χ2n) is 3.83. The van der Waals surface area contributed by atoms with Gasteiger partial charge in [0.05, 0.1) is 4.90 Å². The van der Waals surface area contributed by atoms with Crippen molar-refractivity contribution in [1.29, 1.82) is 0 Å². The lowest BCUT2D eigenvalue weighted by Gasteiger charge is -2.06. The largest absolute Gasteiger partial charge is 0.370 e. The summed E-state index contributed by atoms with van der Waals surface area (Å²) in [7, 11) is -3.72. The van der Waals surface area contributed by atoms with Gasteiger partial charge in [0.25, 0.3) is 5.56 Å². The van der Waals surface area contributed by atoms with Gasteiger partial charge in [-0.05, 0) is 18.9 Å². The molecule has 0 unspecified atom stereocenters. The Labute approximate surface area is 115 Å². The van der Waals surface area contributed by atoms with Gasteiger partial charge in [-0.1, -0.05) is 11.6 Å². The molecule has 0 radical (unpaired) electrons. The summed E-state index contributed by atoms with van der Waals surface area (Å²) in [5, 5.41) is -0.198. The highest BCUT2D eigenvalue weighted by Gasteiger charge is 2.14. The molecule has 0 aliphatic carbocycles. The Hall–Kier alpha value is -1.38. The van der Waals surface area contributed by atoms with Crippen molar-refractivity contribution in [1.82, 2.24) is 9.71 Å².